The van der Waals surface area contributed by atoms with E-state index in [0.29, 0.717) is 5.56 Å². The van der Waals surface area contributed by atoms with Gasteiger partial charge in [-0.3, -0.25) is 4.68 Å². The zero-order chi connectivity index (χ0) is 13.8. The molecule has 1 aromatic carbocycles. The highest BCUT2D eigenvalue weighted by molar-refractivity contribution is 5.49. The quantitative estimate of drug-likeness (QED) is 0.842. The molecule has 2 rings (SSSR count). The summed E-state index contributed by atoms with van der Waals surface area (Å²) in [5.74, 6) is 0. The molecule has 0 saturated heterocycles. The second-order valence-electron chi connectivity index (χ2n) is 4.61. The minimum Gasteiger partial charge on any atom is -0.369 e. The predicted octanol–water partition coefficient (Wildman–Crippen LogP) is 2.72. The lowest BCUT2D eigenvalue weighted by molar-refractivity contribution is 0.613. The highest BCUT2D eigenvalue weighted by Crippen LogP contribution is 2.16. The highest BCUT2D eigenvalue weighted by atomic mass is 15.3. The molecule has 0 saturated carbocycles. The highest BCUT2D eigenvalue weighted by Gasteiger charge is 2.08. The van der Waals surface area contributed by atoms with Crippen molar-refractivity contribution in [2.24, 2.45) is 0 Å². The summed E-state index contributed by atoms with van der Waals surface area (Å²) in [4.78, 5) is 2.16. The van der Waals surface area contributed by atoms with Gasteiger partial charge in [-0.15, -0.1) is 0 Å². The monoisotopic (exact) mass is 254 g/mol. The van der Waals surface area contributed by atoms with Crippen molar-refractivity contribution in [1.29, 1.82) is 5.26 Å². The van der Waals surface area contributed by atoms with Gasteiger partial charge in [0, 0.05) is 19.3 Å². The fourth-order valence-electron chi connectivity index (χ4n) is 2.12. The van der Waals surface area contributed by atoms with E-state index in [1.54, 1.807) is 0 Å². The van der Waals surface area contributed by atoms with Gasteiger partial charge in [0.25, 0.3) is 0 Å². The van der Waals surface area contributed by atoms with Gasteiger partial charge >= 0.3 is 0 Å². The molecule has 1 heterocycles. The molecule has 4 heteroatoms. The van der Waals surface area contributed by atoms with Gasteiger partial charge in [-0.2, -0.15) is 10.4 Å². The molecule has 0 aliphatic heterocycles. The summed E-state index contributed by atoms with van der Waals surface area (Å²) in [7, 11) is 2.05. The predicted molar refractivity (Wildman–Crippen MR) is 75.9 cm³/mol. The molecule has 0 amide bonds. The Labute approximate surface area is 113 Å². The lowest BCUT2D eigenvalue weighted by Crippen LogP contribution is -2.19. The molecule has 19 heavy (non-hydrogen) atoms. The van der Waals surface area contributed by atoms with Gasteiger partial charge in [-0.05, 0) is 44.2 Å². The van der Waals surface area contributed by atoms with Crippen molar-refractivity contribution in [3.05, 3.63) is 47.3 Å². The molecule has 0 unspecified atom stereocenters. The molecule has 98 valence electrons. The minimum atomic E-state index is 0.687. The summed E-state index contributed by atoms with van der Waals surface area (Å²) in [6.07, 6.45) is 0. The Morgan fingerprint density at radius 1 is 1.32 bits per heavy atom. The molecule has 0 aliphatic rings. The fraction of sp³-hybridized carbons (Fsp3) is 0.333. The van der Waals surface area contributed by atoms with Gasteiger partial charge in [0.2, 0.25) is 0 Å². The number of benzene rings is 1. The van der Waals surface area contributed by atoms with Gasteiger partial charge in [-0.25, -0.2) is 0 Å². The molecule has 4 nitrogen and oxygen atoms in total. The van der Waals surface area contributed by atoms with Crippen LogP contribution in [0.5, 0.6) is 0 Å². The van der Waals surface area contributed by atoms with Crippen LogP contribution in [0.2, 0.25) is 0 Å². The van der Waals surface area contributed by atoms with E-state index in [0.717, 1.165) is 24.5 Å². The first kappa shape index (κ1) is 13.2. The van der Waals surface area contributed by atoms with Gasteiger partial charge in [-0.1, -0.05) is 0 Å². The number of aromatic nitrogens is 2. The summed E-state index contributed by atoms with van der Waals surface area (Å²) in [6.45, 7) is 5.79. The van der Waals surface area contributed by atoms with Crippen molar-refractivity contribution in [3.63, 3.8) is 0 Å². The number of aryl methyl sites for hydroxylation is 2. The SMILES string of the molecule is CCn1nc(C)cc1CN(C)c1ccc(C#N)cc1. The van der Waals surface area contributed by atoms with Crippen molar-refractivity contribution in [3.8, 4) is 6.07 Å². The zero-order valence-electron chi connectivity index (χ0n) is 11.6. The Morgan fingerprint density at radius 3 is 2.58 bits per heavy atom. The van der Waals surface area contributed by atoms with Crippen LogP contribution in [-0.4, -0.2) is 16.8 Å². The normalized spacial score (nSPS) is 10.2. The Kier molecular flexibility index (Phi) is 3.86. The Bertz CT molecular complexity index is 590. The lowest BCUT2D eigenvalue weighted by atomic mass is 10.2. The van der Waals surface area contributed by atoms with Crippen LogP contribution in [0.25, 0.3) is 0 Å². The maximum atomic E-state index is 8.80. The van der Waals surface area contributed by atoms with Crippen molar-refractivity contribution < 1.29 is 0 Å². The average molecular weight is 254 g/mol. The number of rotatable bonds is 4. The third kappa shape index (κ3) is 2.94. The molecule has 0 atom stereocenters. The van der Waals surface area contributed by atoms with Crippen molar-refractivity contribution >= 4 is 5.69 Å². The van der Waals surface area contributed by atoms with Crippen LogP contribution in [0.3, 0.4) is 0 Å². The molecule has 1 aromatic heterocycles. The lowest BCUT2D eigenvalue weighted by Gasteiger charge is -2.19. The van der Waals surface area contributed by atoms with Crippen LogP contribution < -0.4 is 4.90 Å². The molecule has 0 aliphatic carbocycles. The van der Waals surface area contributed by atoms with Crippen LogP contribution in [-0.2, 0) is 13.1 Å². The third-order valence-electron chi connectivity index (χ3n) is 3.12. The first-order valence-electron chi connectivity index (χ1n) is 6.38. The van der Waals surface area contributed by atoms with Crippen LogP contribution in [0.4, 0.5) is 5.69 Å². The topological polar surface area (TPSA) is 44.9 Å². The van der Waals surface area contributed by atoms with E-state index in [4.69, 9.17) is 5.26 Å². The number of nitrogens with zero attached hydrogens (tertiary/aromatic N) is 4. The van der Waals surface area contributed by atoms with Crippen molar-refractivity contribution in [2.45, 2.75) is 26.9 Å². The van der Waals surface area contributed by atoms with E-state index in [1.807, 2.05) is 42.9 Å². The summed E-state index contributed by atoms with van der Waals surface area (Å²) in [5.41, 5.74) is 4.03. The Hall–Kier alpha value is -2.28. The average Bonchev–Trinajstić information content (AvgIpc) is 2.78. The standard InChI is InChI=1S/C15H18N4/c1-4-19-15(9-12(2)17-19)11-18(3)14-7-5-13(10-16)6-8-14/h5-9H,4,11H2,1-3H3. The number of hydrogen-bond acceptors (Lipinski definition) is 3. The van der Waals surface area contributed by atoms with Gasteiger partial charge in [0.1, 0.15) is 0 Å². The second kappa shape index (κ2) is 5.57. The van der Waals surface area contributed by atoms with Crippen LogP contribution in [0.1, 0.15) is 23.9 Å². The van der Waals surface area contributed by atoms with E-state index in [2.05, 4.69) is 29.1 Å². The van der Waals surface area contributed by atoms with E-state index in [-0.39, 0.29) is 0 Å². The Balaban J connectivity index is 2.15. The molecule has 0 fully saturated rings. The van der Waals surface area contributed by atoms with Gasteiger partial charge < -0.3 is 4.90 Å². The first-order valence-corrected chi connectivity index (χ1v) is 6.38. The van der Waals surface area contributed by atoms with E-state index < -0.39 is 0 Å². The Morgan fingerprint density at radius 2 is 2.00 bits per heavy atom. The summed E-state index contributed by atoms with van der Waals surface area (Å²) in [5, 5.41) is 13.2. The second-order valence-corrected chi connectivity index (χ2v) is 4.61. The molecular weight excluding hydrogens is 236 g/mol. The molecule has 2 aromatic rings. The summed E-state index contributed by atoms with van der Waals surface area (Å²) < 4.78 is 2.02. The van der Waals surface area contributed by atoms with E-state index in [9.17, 15) is 0 Å². The molecule has 0 bridgehead atoms. The number of anilines is 1. The molecule has 0 spiro atoms. The minimum absolute atomic E-state index is 0.687. The van der Waals surface area contributed by atoms with Gasteiger partial charge in [0.15, 0.2) is 0 Å². The fourth-order valence-corrected chi connectivity index (χ4v) is 2.12. The maximum absolute atomic E-state index is 8.80. The first-order chi connectivity index (χ1) is 9.13. The van der Waals surface area contributed by atoms with Crippen LogP contribution >= 0.6 is 0 Å². The smallest absolute Gasteiger partial charge is 0.0991 e. The van der Waals surface area contributed by atoms with E-state index in [1.165, 1.54) is 5.69 Å². The van der Waals surface area contributed by atoms with E-state index >= 15 is 0 Å². The molecular formula is C15H18N4. The summed E-state index contributed by atoms with van der Waals surface area (Å²) in [6, 6.07) is 11.9. The van der Waals surface area contributed by atoms with Gasteiger partial charge in [0.05, 0.1) is 29.6 Å². The summed E-state index contributed by atoms with van der Waals surface area (Å²) >= 11 is 0. The number of hydrogen-bond donors (Lipinski definition) is 0. The van der Waals surface area contributed by atoms with Crippen molar-refractivity contribution in [1.82, 2.24) is 9.78 Å². The van der Waals surface area contributed by atoms with Crippen LogP contribution in [0.15, 0.2) is 30.3 Å². The molecule has 0 radical (unpaired) electrons. The molecule has 0 N–H and O–H groups in total. The van der Waals surface area contributed by atoms with Crippen molar-refractivity contribution in [2.75, 3.05) is 11.9 Å². The third-order valence-corrected chi connectivity index (χ3v) is 3.12. The maximum Gasteiger partial charge on any atom is 0.0991 e. The number of nitriles is 1. The van der Waals surface area contributed by atoms with Crippen LogP contribution in [0, 0.1) is 18.3 Å². The zero-order valence-corrected chi connectivity index (χ0v) is 11.6. The largest absolute Gasteiger partial charge is 0.369 e.